The number of sulfone groups is 1. The van der Waals surface area contributed by atoms with Crippen molar-refractivity contribution in [3.8, 4) is 0 Å². The molecule has 21 heavy (non-hydrogen) atoms. The highest BCUT2D eigenvalue weighted by Gasteiger charge is 2.24. The minimum atomic E-state index is -2.86. The number of hydrogen-bond donors (Lipinski definition) is 1. The van der Waals surface area contributed by atoms with E-state index in [1.54, 1.807) is 0 Å². The maximum atomic E-state index is 11.6. The molecule has 6 heteroatoms. The van der Waals surface area contributed by atoms with E-state index in [9.17, 15) is 8.42 Å². The zero-order valence-electron chi connectivity index (χ0n) is 12.5. The van der Waals surface area contributed by atoms with Crippen LogP contribution in [-0.4, -0.2) is 51.0 Å². The maximum absolute atomic E-state index is 11.6. The molecule has 0 amide bonds. The van der Waals surface area contributed by atoms with Crippen LogP contribution < -0.4 is 5.32 Å². The fourth-order valence-corrected chi connectivity index (χ4v) is 4.44. The van der Waals surface area contributed by atoms with Crippen LogP contribution in [0, 0.1) is 0 Å². The monoisotopic (exact) mass is 330 g/mol. The Morgan fingerprint density at radius 1 is 1.43 bits per heavy atom. The third kappa shape index (κ3) is 4.68. The van der Waals surface area contributed by atoms with E-state index in [-0.39, 0.29) is 23.6 Å². The van der Waals surface area contributed by atoms with Crippen molar-refractivity contribution in [1.82, 2.24) is 10.2 Å². The van der Waals surface area contributed by atoms with E-state index in [0.29, 0.717) is 6.54 Å². The highest BCUT2D eigenvalue weighted by atomic mass is 35.5. The summed E-state index contributed by atoms with van der Waals surface area (Å²) in [6.07, 6.45) is 0.824. The molecule has 4 nitrogen and oxygen atoms in total. The van der Waals surface area contributed by atoms with Gasteiger partial charge >= 0.3 is 0 Å². The number of hydrogen-bond acceptors (Lipinski definition) is 4. The van der Waals surface area contributed by atoms with E-state index < -0.39 is 9.84 Å². The van der Waals surface area contributed by atoms with Crippen molar-refractivity contribution < 1.29 is 8.42 Å². The molecule has 1 fully saturated rings. The van der Waals surface area contributed by atoms with Gasteiger partial charge in [-0.3, -0.25) is 4.90 Å². The van der Waals surface area contributed by atoms with Crippen molar-refractivity contribution >= 4 is 21.4 Å². The van der Waals surface area contributed by atoms with Crippen LogP contribution in [0.1, 0.15) is 24.9 Å². The van der Waals surface area contributed by atoms with Crippen molar-refractivity contribution in [3.63, 3.8) is 0 Å². The Morgan fingerprint density at radius 3 is 2.81 bits per heavy atom. The molecule has 0 spiro atoms. The van der Waals surface area contributed by atoms with Gasteiger partial charge in [0.1, 0.15) is 0 Å². The van der Waals surface area contributed by atoms with Crippen LogP contribution in [0.5, 0.6) is 0 Å². The first kappa shape index (κ1) is 16.7. The molecular formula is C15H23ClN2O2S. The molecule has 1 aliphatic heterocycles. The third-order valence-electron chi connectivity index (χ3n) is 4.15. The lowest BCUT2D eigenvalue weighted by atomic mass is 10.1. The molecule has 0 aliphatic carbocycles. The first-order chi connectivity index (χ1) is 9.89. The molecule has 1 aliphatic rings. The Balaban J connectivity index is 1.90. The Kier molecular flexibility index (Phi) is 5.66. The number of rotatable bonds is 5. The summed E-state index contributed by atoms with van der Waals surface area (Å²) >= 11 is 6.23. The summed E-state index contributed by atoms with van der Waals surface area (Å²) in [4.78, 5) is 2.21. The van der Waals surface area contributed by atoms with Gasteiger partial charge < -0.3 is 5.32 Å². The van der Waals surface area contributed by atoms with Gasteiger partial charge in [0.2, 0.25) is 0 Å². The first-order valence-corrected chi connectivity index (χ1v) is 9.47. The highest BCUT2D eigenvalue weighted by Crippen LogP contribution is 2.26. The van der Waals surface area contributed by atoms with E-state index in [1.165, 1.54) is 0 Å². The average Bonchev–Trinajstić information content (AvgIpc) is 2.43. The molecule has 1 saturated heterocycles. The molecule has 0 aromatic heterocycles. The zero-order chi connectivity index (χ0) is 15.5. The van der Waals surface area contributed by atoms with Crippen molar-refractivity contribution in [1.29, 1.82) is 0 Å². The van der Waals surface area contributed by atoms with Crippen LogP contribution in [0.25, 0.3) is 0 Å². The molecule has 1 N–H and O–H groups in total. The van der Waals surface area contributed by atoms with Crippen molar-refractivity contribution in [3.05, 3.63) is 34.9 Å². The fourth-order valence-electron chi connectivity index (χ4n) is 2.66. The summed E-state index contributed by atoms with van der Waals surface area (Å²) in [5.74, 6) is 0.511. The lowest BCUT2D eigenvalue weighted by molar-refractivity contribution is 0.247. The molecule has 1 aromatic rings. The second kappa shape index (κ2) is 7.09. The van der Waals surface area contributed by atoms with E-state index in [2.05, 4.69) is 17.1 Å². The van der Waals surface area contributed by atoms with Crippen LogP contribution in [0.3, 0.4) is 0 Å². The standard InChI is InChI=1S/C15H23ClN2O2S/c1-12(14-5-3-4-6-15(14)16)18(2)9-7-13-11-21(19,20)10-8-17-13/h3-6,12-13,17H,7-11H2,1-2H3. The topological polar surface area (TPSA) is 49.4 Å². The minimum Gasteiger partial charge on any atom is -0.312 e. The van der Waals surface area contributed by atoms with Crippen molar-refractivity contribution in [2.24, 2.45) is 0 Å². The second-order valence-corrected chi connectivity index (χ2v) is 8.37. The molecule has 2 atom stereocenters. The van der Waals surface area contributed by atoms with Gasteiger partial charge in [-0.05, 0) is 38.6 Å². The number of nitrogens with one attached hydrogen (secondary N) is 1. The predicted octanol–water partition coefficient (Wildman–Crippen LogP) is 2.11. The number of benzene rings is 1. The molecule has 2 unspecified atom stereocenters. The highest BCUT2D eigenvalue weighted by molar-refractivity contribution is 7.91. The smallest absolute Gasteiger partial charge is 0.153 e. The Bertz CT molecular complexity index is 577. The second-order valence-electron chi connectivity index (χ2n) is 5.73. The van der Waals surface area contributed by atoms with Crippen LogP contribution in [-0.2, 0) is 9.84 Å². The fraction of sp³-hybridized carbons (Fsp3) is 0.600. The maximum Gasteiger partial charge on any atom is 0.153 e. The van der Waals surface area contributed by atoms with Gasteiger partial charge in [-0.2, -0.15) is 0 Å². The SMILES string of the molecule is CC(c1ccccc1Cl)N(C)CCC1CS(=O)(=O)CCN1. The van der Waals surface area contributed by atoms with E-state index >= 15 is 0 Å². The quantitative estimate of drug-likeness (QED) is 0.898. The summed E-state index contributed by atoms with van der Waals surface area (Å²) in [5.41, 5.74) is 1.10. The Hall–Kier alpha value is -0.620. The van der Waals surface area contributed by atoms with Gasteiger partial charge in [0.25, 0.3) is 0 Å². The summed E-state index contributed by atoms with van der Waals surface area (Å²) in [6.45, 7) is 3.52. The largest absolute Gasteiger partial charge is 0.312 e. The van der Waals surface area contributed by atoms with Crippen LogP contribution in [0.15, 0.2) is 24.3 Å². The Labute approximate surface area is 132 Å². The lowest BCUT2D eigenvalue weighted by Gasteiger charge is -2.29. The number of halogens is 1. The average molecular weight is 331 g/mol. The van der Waals surface area contributed by atoms with Crippen molar-refractivity contribution in [2.45, 2.75) is 25.4 Å². The molecule has 0 radical (unpaired) electrons. The molecule has 0 saturated carbocycles. The third-order valence-corrected chi connectivity index (χ3v) is 6.23. The summed E-state index contributed by atoms with van der Waals surface area (Å²) in [5, 5.41) is 4.06. The molecule has 118 valence electrons. The van der Waals surface area contributed by atoms with Crippen molar-refractivity contribution in [2.75, 3.05) is 31.6 Å². The summed E-state index contributed by atoms with van der Waals surface area (Å²) in [7, 11) is -0.814. The van der Waals surface area contributed by atoms with Gasteiger partial charge in [-0.25, -0.2) is 8.42 Å². The van der Waals surface area contributed by atoms with E-state index in [1.807, 2.05) is 31.3 Å². The van der Waals surface area contributed by atoms with Crippen LogP contribution in [0.4, 0.5) is 0 Å². The van der Waals surface area contributed by atoms with Gasteiger partial charge in [-0.15, -0.1) is 0 Å². The molecule has 2 rings (SSSR count). The van der Waals surface area contributed by atoms with Gasteiger partial charge in [0, 0.05) is 23.7 Å². The zero-order valence-corrected chi connectivity index (χ0v) is 14.1. The van der Waals surface area contributed by atoms with E-state index in [0.717, 1.165) is 23.6 Å². The molecule has 0 bridgehead atoms. The molecular weight excluding hydrogens is 308 g/mol. The van der Waals surface area contributed by atoms with E-state index in [4.69, 9.17) is 11.6 Å². The summed E-state index contributed by atoms with van der Waals surface area (Å²) < 4.78 is 23.3. The van der Waals surface area contributed by atoms with Gasteiger partial charge in [-0.1, -0.05) is 29.8 Å². The van der Waals surface area contributed by atoms with Gasteiger partial charge in [0.15, 0.2) is 9.84 Å². The Morgan fingerprint density at radius 2 is 2.14 bits per heavy atom. The van der Waals surface area contributed by atoms with Crippen LogP contribution >= 0.6 is 11.6 Å². The molecule has 1 aromatic carbocycles. The minimum absolute atomic E-state index is 0.0599. The molecule has 1 heterocycles. The van der Waals surface area contributed by atoms with Crippen LogP contribution in [0.2, 0.25) is 5.02 Å². The number of nitrogens with zero attached hydrogens (tertiary/aromatic N) is 1. The predicted molar refractivity (Wildman–Crippen MR) is 87.6 cm³/mol. The van der Waals surface area contributed by atoms with Gasteiger partial charge in [0.05, 0.1) is 11.5 Å². The first-order valence-electron chi connectivity index (χ1n) is 7.27. The lowest BCUT2D eigenvalue weighted by Crippen LogP contribution is -2.46. The normalized spacial score (nSPS) is 23.1. The summed E-state index contributed by atoms with van der Waals surface area (Å²) in [6, 6.07) is 8.11.